The predicted molar refractivity (Wildman–Crippen MR) is 123 cm³/mol. The fourth-order valence-corrected chi connectivity index (χ4v) is 5.03. The van der Waals surface area contributed by atoms with Gasteiger partial charge in [0.05, 0.1) is 0 Å². The Bertz CT molecular complexity index is 975. The van der Waals surface area contributed by atoms with Crippen molar-refractivity contribution in [1.82, 2.24) is 5.32 Å². The average Bonchev–Trinajstić information content (AvgIpc) is 3.61. The molecular weight excluding hydrogens is 366 g/mol. The van der Waals surface area contributed by atoms with E-state index in [2.05, 4.69) is 66.0 Å². The molecule has 2 heteroatoms. The monoisotopic (exact) mass is 397 g/mol. The summed E-state index contributed by atoms with van der Waals surface area (Å²) in [5, 5.41) is 13.6. The molecule has 1 saturated carbocycles. The molecule has 0 spiro atoms. The Morgan fingerprint density at radius 3 is 2.40 bits per heavy atom. The molecule has 2 atom stereocenters. The number of rotatable bonds is 7. The molecule has 2 aliphatic carbocycles. The van der Waals surface area contributed by atoms with Crippen LogP contribution in [0.15, 0.2) is 72.8 Å². The number of benzene rings is 3. The number of phenolic OH excluding ortho intramolecular Hbond substituents is 1. The number of hydrogen-bond donors (Lipinski definition) is 2. The van der Waals surface area contributed by atoms with E-state index in [1.807, 2.05) is 12.1 Å². The Hall–Kier alpha value is -2.58. The Labute approximate surface area is 180 Å². The van der Waals surface area contributed by atoms with Crippen molar-refractivity contribution in [3.8, 4) is 5.75 Å². The van der Waals surface area contributed by atoms with Crippen LogP contribution in [0.2, 0.25) is 0 Å². The van der Waals surface area contributed by atoms with Gasteiger partial charge >= 0.3 is 0 Å². The molecule has 5 rings (SSSR count). The maximum absolute atomic E-state index is 10.00. The van der Waals surface area contributed by atoms with Crippen LogP contribution in [0.3, 0.4) is 0 Å². The van der Waals surface area contributed by atoms with Crippen LogP contribution < -0.4 is 5.32 Å². The van der Waals surface area contributed by atoms with Crippen LogP contribution in [0, 0.1) is 5.92 Å². The summed E-state index contributed by atoms with van der Waals surface area (Å²) < 4.78 is 0. The molecule has 30 heavy (non-hydrogen) atoms. The number of fused-ring (bicyclic) bond motifs is 1. The van der Waals surface area contributed by atoms with Gasteiger partial charge < -0.3 is 10.4 Å². The fraction of sp³-hybridized carbons (Fsp3) is 0.357. The van der Waals surface area contributed by atoms with Gasteiger partial charge in [-0.05, 0) is 97.0 Å². The summed E-state index contributed by atoms with van der Waals surface area (Å²) in [5.41, 5.74) is 6.85. The first-order valence-electron chi connectivity index (χ1n) is 11.4. The highest BCUT2D eigenvalue weighted by molar-refractivity contribution is 5.47. The van der Waals surface area contributed by atoms with Crippen molar-refractivity contribution in [2.75, 3.05) is 13.1 Å². The van der Waals surface area contributed by atoms with Gasteiger partial charge in [-0.3, -0.25) is 0 Å². The van der Waals surface area contributed by atoms with Crippen molar-refractivity contribution in [3.05, 3.63) is 101 Å². The molecule has 1 fully saturated rings. The lowest BCUT2D eigenvalue weighted by Gasteiger charge is -2.35. The third-order valence-corrected chi connectivity index (χ3v) is 6.88. The van der Waals surface area contributed by atoms with E-state index in [1.54, 1.807) is 0 Å². The van der Waals surface area contributed by atoms with Gasteiger partial charge in [0.15, 0.2) is 0 Å². The average molecular weight is 398 g/mol. The molecular formula is C28H31NO. The van der Waals surface area contributed by atoms with Gasteiger partial charge in [0, 0.05) is 5.92 Å². The van der Waals surface area contributed by atoms with Gasteiger partial charge in [-0.2, -0.15) is 0 Å². The number of aryl methyl sites for hydroxylation is 1. The minimum atomic E-state index is 0.332. The molecule has 2 aliphatic rings. The van der Waals surface area contributed by atoms with Gasteiger partial charge in [0.1, 0.15) is 5.75 Å². The molecule has 154 valence electrons. The molecule has 0 aromatic heterocycles. The molecule has 2 nitrogen and oxygen atoms in total. The van der Waals surface area contributed by atoms with Crippen LogP contribution in [0.1, 0.15) is 58.9 Å². The molecule has 3 aromatic rings. The van der Waals surface area contributed by atoms with Crippen molar-refractivity contribution in [1.29, 1.82) is 0 Å². The van der Waals surface area contributed by atoms with Gasteiger partial charge in [-0.1, -0.05) is 60.7 Å². The van der Waals surface area contributed by atoms with E-state index in [0.717, 1.165) is 31.7 Å². The van der Waals surface area contributed by atoms with Crippen LogP contribution in [-0.2, 0) is 12.8 Å². The quantitative estimate of drug-likeness (QED) is 0.494. The molecule has 0 amide bonds. The Morgan fingerprint density at radius 1 is 0.833 bits per heavy atom. The minimum absolute atomic E-state index is 0.332. The highest BCUT2D eigenvalue weighted by Gasteiger charge is 2.32. The van der Waals surface area contributed by atoms with Crippen LogP contribution in [-0.4, -0.2) is 18.2 Å². The first kappa shape index (κ1) is 19.4. The minimum Gasteiger partial charge on any atom is -0.508 e. The van der Waals surface area contributed by atoms with Crippen LogP contribution in [0.5, 0.6) is 5.75 Å². The van der Waals surface area contributed by atoms with Gasteiger partial charge in [0.2, 0.25) is 0 Å². The van der Waals surface area contributed by atoms with E-state index in [0.29, 0.717) is 17.6 Å². The third kappa shape index (κ3) is 4.29. The highest BCUT2D eigenvalue weighted by Crippen LogP contribution is 2.46. The van der Waals surface area contributed by atoms with E-state index in [1.165, 1.54) is 47.2 Å². The number of nitrogens with one attached hydrogen (secondary N) is 1. The van der Waals surface area contributed by atoms with E-state index >= 15 is 0 Å². The van der Waals surface area contributed by atoms with Crippen molar-refractivity contribution in [2.45, 2.75) is 43.9 Å². The molecule has 0 aliphatic heterocycles. The Kier molecular flexibility index (Phi) is 5.59. The summed E-state index contributed by atoms with van der Waals surface area (Å²) in [4.78, 5) is 0. The van der Waals surface area contributed by atoms with E-state index in [-0.39, 0.29) is 0 Å². The van der Waals surface area contributed by atoms with Crippen molar-refractivity contribution in [3.63, 3.8) is 0 Å². The fourth-order valence-electron chi connectivity index (χ4n) is 5.03. The molecule has 0 heterocycles. The van der Waals surface area contributed by atoms with Crippen LogP contribution >= 0.6 is 0 Å². The van der Waals surface area contributed by atoms with Crippen molar-refractivity contribution < 1.29 is 5.11 Å². The standard InChI is InChI=1S/C28H31NO/c30-25-13-15-27-24(18-25)12-14-26(22-4-2-1-3-5-22)28(27)23-10-8-20(9-11-23)16-17-29-19-21-6-7-21/h1-5,8-11,13,15,18,21,26,28-30H,6-7,12,14,16-17,19H2/t26-,28+/m1/s1. The highest BCUT2D eigenvalue weighted by atomic mass is 16.3. The van der Waals surface area contributed by atoms with Gasteiger partial charge in [-0.25, -0.2) is 0 Å². The van der Waals surface area contributed by atoms with E-state index in [9.17, 15) is 5.11 Å². The molecule has 0 unspecified atom stereocenters. The zero-order valence-electron chi connectivity index (χ0n) is 17.6. The smallest absolute Gasteiger partial charge is 0.115 e. The summed E-state index contributed by atoms with van der Waals surface area (Å²) in [6.45, 7) is 2.25. The zero-order chi connectivity index (χ0) is 20.3. The second-order valence-electron chi connectivity index (χ2n) is 9.06. The second kappa shape index (κ2) is 8.65. The summed E-state index contributed by atoms with van der Waals surface area (Å²) in [7, 11) is 0. The topological polar surface area (TPSA) is 32.3 Å². The molecule has 3 aromatic carbocycles. The SMILES string of the molecule is Oc1ccc2c(c1)CC[C@H](c1ccccc1)[C@@H]2c1ccc(CCNCC2CC2)cc1. The Morgan fingerprint density at radius 2 is 1.63 bits per heavy atom. The third-order valence-electron chi connectivity index (χ3n) is 6.88. The lowest BCUT2D eigenvalue weighted by Crippen LogP contribution is -2.21. The molecule has 0 bridgehead atoms. The normalized spacial score (nSPS) is 20.7. The maximum atomic E-state index is 10.00. The Balaban J connectivity index is 1.40. The van der Waals surface area contributed by atoms with Crippen LogP contribution in [0.25, 0.3) is 0 Å². The summed E-state index contributed by atoms with van der Waals surface area (Å²) in [5.74, 6) is 2.11. The number of aromatic hydroxyl groups is 1. The van der Waals surface area contributed by atoms with Gasteiger partial charge in [-0.15, -0.1) is 0 Å². The van der Waals surface area contributed by atoms with Crippen LogP contribution in [0.4, 0.5) is 0 Å². The lowest BCUT2D eigenvalue weighted by atomic mass is 9.69. The van der Waals surface area contributed by atoms with E-state index in [4.69, 9.17) is 0 Å². The predicted octanol–water partition coefficient (Wildman–Crippen LogP) is 5.80. The largest absolute Gasteiger partial charge is 0.508 e. The summed E-state index contributed by atoms with van der Waals surface area (Å²) in [6, 6.07) is 26.2. The summed E-state index contributed by atoms with van der Waals surface area (Å²) in [6.07, 6.45) is 6.03. The lowest BCUT2D eigenvalue weighted by molar-refractivity contribution is 0.469. The van der Waals surface area contributed by atoms with Crippen molar-refractivity contribution >= 4 is 0 Å². The second-order valence-corrected chi connectivity index (χ2v) is 9.06. The summed E-state index contributed by atoms with van der Waals surface area (Å²) >= 11 is 0. The first-order valence-corrected chi connectivity index (χ1v) is 11.4. The van der Waals surface area contributed by atoms with Crippen molar-refractivity contribution in [2.24, 2.45) is 5.92 Å². The van der Waals surface area contributed by atoms with E-state index < -0.39 is 0 Å². The molecule has 0 saturated heterocycles. The molecule has 2 N–H and O–H groups in total. The zero-order valence-corrected chi connectivity index (χ0v) is 17.6. The first-order chi connectivity index (χ1) is 14.8. The number of hydrogen-bond acceptors (Lipinski definition) is 2. The maximum Gasteiger partial charge on any atom is 0.115 e. The molecule has 0 radical (unpaired) electrons. The number of phenols is 1. The van der Waals surface area contributed by atoms with Gasteiger partial charge in [0.25, 0.3) is 0 Å².